The van der Waals surface area contributed by atoms with Crippen LogP contribution in [0.2, 0.25) is 0 Å². The first-order valence-corrected chi connectivity index (χ1v) is 8.69. The van der Waals surface area contributed by atoms with Crippen LogP contribution in [0.3, 0.4) is 0 Å². The summed E-state index contributed by atoms with van der Waals surface area (Å²) in [7, 11) is 1.78. The molecule has 3 aromatic heterocycles. The van der Waals surface area contributed by atoms with Crippen LogP contribution >= 0.6 is 23.1 Å². The number of nitrogens with zero attached hydrogens (tertiary/aromatic N) is 4. The summed E-state index contributed by atoms with van der Waals surface area (Å²) in [6.45, 7) is 0. The lowest BCUT2D eigenvalue weighted by Crippen LogP contribution is -2.20. The van der Waals surface area contributed by atoms with Gasteiger partial charge in [0.15, 0.2) is 5.16 Å². The van der Waals surface area contributed by atoms with E-state index in [1.54, 1.807) is 34.7 Å². The van der Waals surface area contributed by atoms with Gasteiger partial charge >= 0.3 is 0 Å². The Morgan fingerprint density at radius 1 is 1.25 bits per heavy atom. The zero-order chi connectivity index (χ0) is 13.9. The lowest BCUT2D eigenvalue weighted by Gasteiger charge is -2.10. The van der Waals surface area contributed by atoms with Crippen molar-refractivity contribution in [2.24, 2.45) is 7.05 Å². The summed E-state index contributed by atoms with van der Waals surface area (Å²) in [5.74, 6) is 0.630. The van der Waals surface area contributed by atoms with E-state index in [-0.39, 0.29) is 5.56 Å². The Bertz CT molecular complexity index is 889. The van der Waals surface area contributed by atoms with Crippen molar-refractivity contribution in [3.05, 3.63) is 20.8 Å². The van der Waals surface area contributed by atoms with Crippen molar-refractivity contribution in [2.75, 3.05) is 6.26 Å². The fraction of sp³-hybridized carbons (Fsp3) is 0.462. The minimum Gasteiger partial charge on any atom is -0.279 e. The lowest BCUT2D eigenvalue weighted by atomic mass is 9.97. The quantitative estimate of drug-likeness (QED) is 0.647. The SMILES string of the molecule is CSc1nnc2n(C)c(=O)c3c4c(sc3n12)CCCC4. The summed E-state index contributed by atoms with van der Waals surface area (Å²) in [5.41, 5.74) is 1.33. The highest BCUT2D eigenvalue weighted by Gasteiger charge is 2.23. The van der Waals surface area contributed by atoms with Crippen LogP contribution in [0.15, 0.2) is 9.95 Å². The predicted octanol–water partition coefficient (Wildman–Crippen LogP) is 2.24. The second kappa shape index (κ2) is 4.33. The van der Waals surface area contributed by atoms with Crippen molar-refractivity contribution in [1.82, 2.24) is 19.2 Å². The highest BCUT2D eigenvalue weighted by molar-refractivity contribution is 7.98. The lowest BCUT2D eigenvalue weighted by molar-refractivity contribution is 0.699. The van der Waals surface area contributed by atoms with Crippen molar-refractivity contribution in [3.63, 3.8) is 0 Å². The molecule has 0 amide bonds. The van der Waals surface area contributed by atoms with Gasteiger partial charge in [0.2, 0.25) is 5.78 Å². The third-order valence-corrected chi connectivity index (χ3v) is 5.88. The van der Waals surface area contributed by atoms with E-state index in [1.165, 1.54) is 23.3 Å². The van der Waals surface area contributed by atoms with Gasteiger partial charge in [-0.1, -0.05) is 11.8 Å². The Morgan fingerprint density at radius 3 is 2.85 bits per heavy atom. The molecule has 0 atom stereocenters. The van der Waals surface area contributed by atoms with Crippen molar-refractivity contribution >= 4 is 39.1 Å². The van der Waals surface area contributed by atoms with Gasteiger partial charge in [-0.25, -0.2) is 4.40 Å². The molecule has 1 aliphatic rings. The van der Waals surface area contributed by atoms with E-state index >= 15 is 0 Å². The number of thiophene rings is 1. The zero-order valence-corrected chi connectivity index (χ0v) is 13.0. The number of rotatable bonds is 1. The Morgan fingerprint density at radius 2 is 2.05 bits per heavy atom. The van der Waals surface area contributed by atoms with Crippen LogP contribution in [0, 0.1) is 0 Å². The summed E-state index contributed by atoms with van der Waals surface area (Å²) in [5, 5.41) is 10.1. The Balaban J connectivity index is 2.27. The Kier molecular flexibility index (Phi) is 2.68. The Labute approximate surface area is 123 Å². The van der Waals surface area contributed by atoms with E-state index in [0.717, 1.165) is 28.2 Å². The summed E-state index contributed by atoms with van der Waals surface area (Å²) < 4.78 is 3.65. The molecule has 0 aliphatic heterocycles. The average Bonchev–Trinajstić information content (AvgIpc) is 3.05. The molecule has 7 heteroatoms. The molecular weight excluding hydrogens is 292 g/mol. The van der Waals surface area contributed by atoms with E-state index < -0.39 is 0 Å². The maximum atomic E-state index is 12.7. The minimum atomic E-state index is 0.0620. The molecule has 0 saturated heterocycles. The molecule has 104 valence electrons. The van der Waals surface area contributed by atoms with Crippen LogP contribution in [-0.4, -0.2) is 25.4 Å². The van der Waals surface area contributed by atoms with Crippen LogP contribution in [0.1, 0.15) is 23.3 Å². The van der Waals surface area contributed by atoms with Crippen LogP contribution < -0.4 is 5.56 Å². The van der Waals surface area contributed by atoms with Gasteiger partial charge in [-0.05, 0) is 37.5 Å². The van der Waals surface area contributed by atoms with Gasteiger partial charge in [0.25, 0.3) is 5.56 Å². The molecule has 0 unspecified atom stereocenters. The predicted molar refractivity (Wildman–Crippen MR) is 82.0 cm³/mol. The van der Waals surface area contributed by atoms with Gasteiger partial charge in [-0.3, -0.25) is 9.36 Å². The molecule has 1 aliphatic carbocycles. The van der Waals surface area contributed by atoms with Crippen molar-refractivity contribution < 1.29 is 0 Å². The molecule has 0 bridgehead atoms. The van der Waals surface area contributed by atoms with Gasteiger partial charge in [0.05, 0.1) is 5.39 Å². The van der Waals surface area contributed by atoms with Gasteiger partial charge < -0.3 is 0 Å². The normalized spacial score (nSPS) is 15.1. The van der Waals surface area contributed by atoms with Crippen molar-refractivity contribution in [3.8, 4) is 0 Å². The topological polar surface area (TPSA) is 52.2 Å². The monoisotopic (exact) mass is 306 g/mol. The molecule has 4 rings (SSSR count). The molecule has 0 saturated carbocycles. The summed E-state index contributed by atoms with van der Waals surface area (Å²) in [6.07, 6.45) is 6.50. The first kappa shape index (κ1) is 12.4. The highest BCUT2D eigenvalue weighted by Crippen LogP contribution is 2.35. The van der Waals surface area contributed by atoms with E-state index in [2.05, 4.69) is 10.2 Å². The van der Waals surface area contributed by atoms with Crippen molar-refractivity contribution in [1.29, 1.82) is 0 Å². The third kappa shape index (κ3) is 1.47. The maximum Gasteiger partial charge on any atom is 0.263 e. The average molecular weight is 306 g/mol. The molecule has 0 N–H and O–H groups in total. The van der Waals surface area contributed by atoms with E-state index in [4.69, 9.17) is 0 Å². The molecule has 0 fully saturated rings. The van der Waals surface area contributed by atoms with Gasteiger partial charge in [-0.2, -0.15) is 0 Å². The second-order valence-electron chi connectivity index (χ2n) is 5.08. The van der Waals surface area contributed by atoms with E-state index in [0.29, 0.717) is 5.78 Å². The number of aryl methyl sites for hydroxylation is 3. The van der Waals surface area contributed by atoms with Gasteiger partial charge in [-0.15, -0.1) is 21.5 Å². The summed E-state index contributed by atoms with van der Waals surface area (Å²) >= 11 is 3.30. The number of hydrogen-bond donors (Lipinski definition) is 0. The first-order chi connectivity index (χ1) is 9.72. The zero-order valence-electron chi connectivity index (χ0n) is 11.3. The highest BCUT2D eigenvalue weighted by atomic mass is 32.2. The molecule has 0 radical (unpaired) electrons. The molecule has 3 heterocycles. The van der Waals surface area contributed by atoms with Crippen molar-refractivity contribution in [2.45, 2.75) is 30.8 Å². The number of thioether (sulfide) groups is 1. The second-order valence-corrected chi connectivity index (χ2v) is 6.93. The third-order valence-electron chi connectivity index (χ3n) is 3.97. The van der Waals surface area contributed by atoms with E-state index in [1.807, 2.05) is 10.7 Å². The van der Waals surface area contributed by atoms with Crippen LogP contribution in [-0.2, 0) is 19.9 Å². The minimum absolute atomic E-state index is 0.0620. The first-order valence-electron chi connectivity index (χ1n) is 6.64. The molecule has 3 aromatic rings. The number of aromatic nitrogens is 4. The molecule has 5 nitrogen and oxygen atoms in total. The summed E-state index contributed by atoms with van der Waals surface area (Å²) in [4.78, 5) is 15.0. The van der Waals surface area contributed by atoms with Crippen LogP contribution in [0.5, 0.6) is 0 Å². The molecule has 0 spiro atoms. The van der Waals surface area contributed by atoms with Gasteiger partial charge in [0, 0.05) is 11.9 Å². The number of hydrogen-bond acceptors (Lipinski definition) is 5. The number of fused-ring (bicyclic) bond motifs is 5. The molecule has 20 heavy (non-hydrogen) atoms. The Hall–Kier alpha value is -1.34. The van der Waals surface area contributed by atoms with E-state index in [9.17, 15) is 4.79 Å². The van der Waals surface area contributed by atoms with Crippen LogP contribution in [0.25, 0.3) is 16.0 Å². The maximum absolute atomic E-state index is 12.7. The van der Waals surface area contributed by atoms with Crippen LogP contribution in [0.4, 0.5) is 0 Å². The van der Waals surface area contributed by atoms with Gasteiger partial charge in [0.1, 0.15) is 4.83 Å². The smallest absolute Gasteiger partial charge is 0.263 e. The fourth-order valence-electron chi connectivity index (χ4n) is 2.98. The fourth-order valence-corrected chi connectivity index (χ4v) is 4.89. The standard InChI is InChI=1S/C13H14N4OS2/c1-16-10(18)9-7-5-3-4-6-8(7)20-11(9)17-12(16)14-15-13(17)19-2/h3-6H2,1-2H3. The largest absolute Gasteiger partial charge is 0.279 e. The molecule has 0 aromatic carbocycles. The summed E-state index contributed by atoms with van der Waals surface area (Å²) in [6, 6.07) is 0. The molecular formula is C13H14N4OS2.